The molecular weight excluding hydrogens is 403 g/mol. The highest BCUT2D eigenvalue weighted by Crippen LogP contribution is 2.20. The van der Waals surface area contributed by atoms with Gasteiger partial charge in [0.1, 0.15) is 6.04 Å². The van der Waals surface area contributed by atoms with Gasteiger partial charge in [-0.25, -0.2) is 0 Å². The van der Waals surface area contributed by atoms with Crippen LogP contribution in [0.25, 0.3) is 0 Å². The van der Waals surface area contributed by atoms with E-state index in [-0.39, 0.29) is 18.3 Å². The summed E-state index contributed by atoms with van der Waals surface area (Å²) in [4.78, 5) is 12.4. The Labute approximate surface area is 144 Å². The number of aryl methyl sites for hydroxylation is 2. The highest BCUT2D eigenvalue weighted by molar-refractivity contribution is 14.1. The Morgan fingerprint density at radius 1 is 1.43 bits per heavy atom. The van der Waals surface area contributed by atoms with E-state index >= 15 is 0 Å². The number of rotatable bonds is 4. The van der Waals surface area contributed by atoms with Crippen molar-refractivity contribution in [2.45, 2.75) is 13.0 Å². The molecule has 0 saturated heterocycles. The molecule has 0 radical (unpaired) electrons. The van der Waals surface area contributed by atoms with E-state index in [0.717, 1.165) is 20.4 Å². The van der Waals surface area contributed by atoms with Crippen LogP contribution in [0.3, 0.4) is 0 Å². The van der Waals surface area contributed by atoms with Crippen LogP contribution >= 0.6 is 35.0 Å². The lowest BCUT2D eigenvalue weighted by Crippen LogP contribution is -2.30. The molecule has 1 heterocycles. The zero-order valence-electron chi connectivity index (χ0n) is 12.1. The maximum Gasteiger partial charge on any atom is 0.246 e. The van der Waals surface area contributed by atoms with Crippen LogP contribution in [0, 0.1) is 10.5 Å². The first-order valence-electron chi connectivity index (χ1n) is 6.24. The van der Waals surface area contributed by atoms with Gasteiger partial charge in [-0.1, -0.05) is 0 Å². The number of nitrogens with zero attached hydrogens (tertiary/aromatic N) is 2. The molecule has 1 aromatic carbocycles. The van der Waals surface area contributed by atoms with Crippen molar-refractivity contribution in [3.63, 3.8) is 0 Å². The molecule has 1 aromatic heterocycles. The van der Waals surface area contributed by atoms with E-state index in [9.17, 15) is 4.79 Å². The van der Waals surface area contributed by atoms with E-state index in [4.69, 9.17) is 0 Å². The van der Waals surface area contributed by atoms with Crippen LogP contribution in [0.5, 0.6) is 0 Å². The Balaban J connectivity index is 0.00000220. The number of carbonyl (C=O) groups excluding carboxylic acids is 1. The summed E-state index contributed by atoms with van der Waals surface area (Å²) >= 11 is 2.25. The minimum Gasteiger partial charge on any atom is -0.324 e. The van der Waals surface area contributed by atoms with Crippen molar-refractivity contribution >= 4 is 46.6 Å². The fourth-order valence-electron chi connectivity index (χ4n) is 2.01. The molecule has 1 unspecified atom stereocenters. The standard InChI is InChI=1S/C14H17IN4O.ClH/c1-9-6-11(15)4-5-12(9)18-14(20)13(16-2)10-7-17-19(3)8-10;/h4-8,13,16H,1-3H3,(H,18,20);1H. The second-order valence-electron chi connectivity index (χ2n) is 4.62. The van der Waals surface area contributed by atoms with Crippen molar-refractivity contribution in [2.75, 3.05) is 12.4 Å². The van der Waals surface area contributed by atoms with Gasteiger partial charge in [-0.3, -0.25) is 9.48 Å². The van der Waals surface area contributed by atoms with Gasteiger partial charge in [0.2, 0.25) is 5.91 Å². The summed E-state index contributed by atoms with van der Waals surface area (Å²) in [6, 6.07) is 5.52. The Kier molecular flexibility index (Phi) is 6.63. The van der Waals surface area contributed by atoms with Gasteiger partial charge in [-0.15, -0.1) is 12.4 Å². The SMILES string of the molecule is CNC(C(=O)Nc1ccc(I)cc1C)c1cnn(C)c1.Cl. The molecule has 1 atom stereocenters. The predicted molar refractivity (Wildman–Crippen MR) is 94.8 cm³/mol. The third-order valence-corrected chi connectivity index (χ3v) is 3.73. The lowest BCUT2D eigenvalue weighted by Gasteiger charge is -2.16. The number of aromatic nitrogens is 2. The van der Waals surface area contributed by atoms with Crippen LogP contribution in [0.2, 0.25) is 0 Å². The van der Waals surface area contributed by atoms with Gasteiger partial charge in [0.25, 0.3) is 0 Å². The number of nitrogens with one attached hydrogen (secondary N) is 2. The minimum atomic E-state index is -0.414. The zero-order valence-corrected chi connectivity index (χ0v) is 15.0. The molecule has 1 amide bonds. The highest BCUT2D eigenvalue weighted by atomic mass is 127. The Hall–Kier alpha value is -1.12. The molecular formula is C14H18ClIN4O. The Morgan fingerprint density at radius 3 is 2.67 bits per heavy atom. The molecule has 5 nitrogen and oxygen atoms in total. The van der Waals surface area contributed by atoms with Crippen molar-refractivity contribution in [1.29, 1.82) is 0 Å². The lowest BCUT2D eigenvalue weighted by molar-refractivity contribution is -0.118. The molecule has 114 valence electrons. The summed E-state index contributed by atoms with van der Waals surface area (Å²) in [5, 5.41) is 10.1. The maximum absolute atomic E-state index is 12.4. The first-order chi connectivity index (χ1) is 9.51. The summed E-state index contributed by atoms with van der Waals surface area (Å²) in [6.45, 7) is 1.98. The molecule has 2 N–H and O–H groups in total. The van der Waals surface area contributed by atoms with Crippen LogP contribution in [0.15, 0.2) is 30.6 Å². The first kappa shape index (κ1) is 17.9. The van der Waals surface area contributed by atoms with Crippen molar-refractivity contribution in [1.82, 2.24) is 15.1 Å². The van der Waals surface area contributed by atoms with Crippen molar-refractivity contribution in [3.05, 3.63) is 45.3 Å². The van der Waals surface area contributed by atoms with Crippen LogP contribution in [0.1, 0.15) is 17.2 Å². The number of halogens is 2. The monoisotopic (exact) mass is 420 g/mol. The molecule has 0 aliphatic heterocycles. The van der Waals surface area contributed by atoms with E-state index in [0.29, 0.717) is 0 Å². The highest BCUT2D eigenvalue weighted by Gasteiger charge is 2.20. The fourth-order valence-corrected chi connectivity index (χ4v) is 2.66. The number of likely N-dealkylation sites (N-methyl/N-ethyl adjacent to an activating group) is 1. The molecule has 2 rings (SSSR count). The first-order valence-corrected chi connectivity index (χ1v) is 7.32. The quantitative estimate of drug-likeness (QED) is 0.748. The second kappa shape index (κ2) is 7.77. The van der Waals surface area contributed by atoms with Gasteiger partial charge >= 0.3 is 0 Å². The number of benzene rings is 1. The average molecular weight is 421 g/mol. The largest absolute Gasteiger partial charge is 0.324 e. The summed E-state index contributed by atoms with van der Waals surface area (Å²) in [7, 11) is 3.59. The maximum atomic E-state index is 12.4. The van der Waals surface area contributed by atoms with E-state index < -0.39 is 6.04 Å². The molecule has 0 fully saturated rings. The number of anilines is 1. The Bertz CT molecular complexity index is 629. The zero-order chi connectivity index (χ0) is 14.7. The van der Waals surface area contributed by atoms with Crippen LogP contribution in [0.4, 0.5) is 5.69 Å². The second-order valence-corrected chi connectivity index (χ2v) is 5.86. The Morgan fingerprint density at radius 2 is 2.14 bits per heavy atom. The van der Waals surface area contributed by atoms with E-state index in [2.05, 4.69) is 38.3 Å². The van der Waals surface area contributed by atoms with E-state index in [1.54, 1.807) is 17.9 Å². The number of amides is 1. The third kappa shape index (κ3) is 4.42. The van der Waals surface area contributed by atoms with Gasteiger partial charge in [0.15, 0.2) is 0 Å². The normalized spacial score (nSPS) is 11.6. The number of hydrogen-bond donors (Lipinski definition) is 2. The molecule has 0 aliphatic rings. The molecule has 0 aliphatic carbocycles. The fraction of sp³-hybridized carbons (Fsp3) is 0.286. The van der Waals surface area contributed by atoms with Crippen molar-refractivity contribution in [3.8, 4) is 0 Å². The average Bonchev–Trinajstić information content (AvgIpc) is 2.80. The molecule has 2 aromatic rings. The van der Waals surface area contributed by atoms with Gasteiger partial charge in [0, 0.05) is 28.1 Å². The topological polar surface area (TPSA) is 59.0 Å². The molecule has 0 bridgehead atoms. The smallest absolute Gasteiger partial charge is 0.246 e. The van der Waals surface area contributed by atoms with Gasteiger partial charge in [-0.05, 0) is 60.3 Å². The van der Waals surface area contributed by atoms with Gasteiger partial charge in [-0.2, -0.15) is 5.10 Å². The van der Waals surface area contributed by atoms with Crippen LogP contribution in [-0.2, 0) is 11.8 Å². The summed E-state index contributed by atoms with van der Waals surface area (Å²) in [5.74, 6) is -0.0928. The van der Waals surface area contributed by atoms with E-state index in [1.165, 1.54) is 0 Å². The van der Waals surface area contributed by atoms with Gasteiger partial charge in [0.05, 0.1) is 6.20 Å². The lowest BCUT2D eigenvalue weighted by atomic mass is 10.1. The molecule has 21 heavy (non-hydrogen) atoms. The van der Waals surface area contributed by atoms with Gasteiger partial charge < -0.3 is 10.6 Å². The molecule has 0 spiro atoms. The molecule has 0 saturated carbocycles. The number of carbonyl (C=O) groups is 1. The summed E-state index contributed by atoms with van der Waals surface area (Å²) in [5.41, 5.74) is 2.72. The predicted octanol–water partition coefficient (Wildman–Crippen LogP) is 2.65. The third-order valence-electron chi connectivity index (χ3n) is 3.06. The minimum absolute atomic E-state index is 0. The number of hydrogen-bond acceptors (Lipinski definition) is 3. The van der Waals surface area contributed by atoms with Crippen molar-refractivity contribution < 1.29 is 4.79 Å². The molecule has 7 heteroatoms. The van der Waals surface area contributed by atoms with Crippen LogP contribution < -0.4 is 10.6 Å². The van der Waals surface area contributed by atoms with E-state index in [1.807, 2.05) is 38.4 Å². The van der Waals surface area contributed by atoms with Crippen molar-refractivity contribution in [2.24, 2.45) is 7.05 Å². The summed E-state index contributed by atoms with van der Waals surface area (Å²) < 4.78 is 2.83. The summed E-state index contributed by atoms with van der Waals surface area (Å²) in [6.07, 6.45) is 3.53. The van der Waals surface area contributed by atoms with Crippen LogP contribution in [-0.4, -0.2) is 22.7 Å².